The lowest BCUT2D eigenvalue weighted by molar-refractivity contribution is 0.261. The Morgan fingerprint density at radius 2 is 1.80 bits per heavy atom. The summed E-state index contributed by atoms with van der Waals surface area (Å²) in [6.07, 6.45) is 3.19. The molecule has 2 aliphatic rings. The fraction of sp³-hybridized carbons (Fsp3) is 0.200. The molecule has 35 heavy (non-hydrogen) atoms. The number of nitrogens with zero attached hydrogens (tertiary/aromatic N) is 6. The number of hydrogen-bond donors (Lipinski definition) is 0. The Morgan fingerprint density at radius 3 is 2.60 bits per heavy atom. The van der Waals surface area contributed by atoms with Crippen molar-refractivity contribution in [2.45, 2.75) is 6.54 Å². The van der Waals surface area contributed by atoms with Crippen LogP contribution >= 0.6 is 0 Å². The van der Waals surface area contributed by atoms with Crippen LogP contribution in [0.25, 0.3) is 34.0 Å². The maximum atomic E-state index is 14.1. The van der Waals surface area contributed by atoms with E-state index in [0.29, 0.717) is 36.0 Å². The molecule has 0 amide bonds. The number of hydrogen-bond acceptors (Lipinski definition) is 7. The number of ether oxygens (including phenoxy) is 1. The van der Waals surface area contributed by atoms with Crippen LogP contribution in [0.2, 0.25) is 0 Å². The van der Waals surface area contributed by atoms with Gasteiger partial charge in [-0.25, -0.2) is 18.7 Å². The summed E-state index contributed by atoms with van der Waals surface area (Å²) in [4.78, 5) is 10.7. The maximum absolute atomic E-state index is 14.1. The first kappa shape index (κ1) is 22.6. The van der Waals surface area contributed by atoms with E-state index >= 15 is 0 Å². The van der Waals surface area contributed by atoms with Crippen LogP contribution in [0.3, 0.4) is 0 Å². The fourth-order valence-corrected chi connectivity index (χ4v) is 3.50. The van der Waals surface area contributed by atoms with Crippen molar-refractivity contribution in [3.05, 3.63) is 78.3 Å². The van der Waals surface area contributed by atoms with Gasteiger partial charge in [-0.15, -0.1) is 0 Å². The Bertz CT molecular complexity index is 1410. The highest BCUT2D eigenvalue weighted by atomic mass is 19.2. The zero-order chi connectivity index (χ0) is 24.4. The van der Waals surface area contributed by atoms with E-state index in [2.05, 4.69) is 25.1 Å². The number of halogens is 2. The molecule has 1 aromatic heterocycles. The van der Waals surface area contributed by atoms with E-state index in [4.69, 9.17) is 9.26 Å². The Kier molecular flexibility index (Phi) is 6.19. The van der Waals surface area contributed by atoms with Crippen molar-refractivity contribution in [3.63, 3.8) is 0 Å². The lowest BCUT2D eigenvalue weighted by Gasteiger charge is -2.10. The van der Waals surface area contributed by atoms with Crippen molar-refractivity contribution in [1.29, 1.82) is 0 Å². The number of aromatic nitrogens is 5. The first-order valence-corrected chi connectivity index (χ1v) is 10.9. The summed E-state index contributed by atoms with van der Waals surface area (Å²) in [7, 11) is 4.00. The van der Waals surface area contributed by atoms with Crippen molar-refractivity contribution in [3.8, 4) is 39.8 Å². The fourth-order valence-electron chi connectivity index (χ4n) is 3.50. The molecule has 0 saturated heterocycles. The molecule has 0 N–H and O–H groups in total. The van der Waals surface area contributed by atoms with Gasteiger partial charge in [0, 0.05) is 18.2 Å². The van der Waals surface area contributed by atoms with E-state index in [1.165, 1.54) is 18.3 Å². The zero-order valence-electron chi connectivity index (χ0n) is 19.2. The summed E-state index contributed by atoms with van der Waals surface area (Å²) in [6, 6.07) is 13.4. The highest BCUT2D eigenvalue weighted by Gasteiger charge is 2.18. The number of rotatable bonds is 8. The molecule has 0 fully saturated rings. The highest BCUT2D eigenvalue weighted by Crippen LogP contribution is 2.27. The summed E-state index contributed by atoms with van der Waals surface area (Å²) in [5.41, 5.74) is 2.58. The molecule has 2 aromatic carbocycles. The molecule has 10 heteroatoms. The van der Waals surface area contributed by atoms with E-state index in [0.717, 1.165) is 23.9 Å². The van der Waals surface area contributed by atoms with Gasteiger partial charge in [-0.3, -0.25) is 4.68 Å². The number of benzene rings is 2. The molecular weight excluding hydrogens is 454 g/mol. The van der Waals surface area contributed by atoms with Gasteiger partial charge in [0.15, 0.2) is 23.2 Å². The minimum atomic E-state index is -0.981. The molecule has 0 bridgehead atoms. The zero-order valence-corrected chi connectivity index (χ0v) is 19.2. The number of fused-ring (bicyclic) bond motifs is 1. The van der Waals surface area contributed by atoms with E-state index < -0.39 is 11.6 Å². The maximum Gasteiger partial charge on any atom is 0.169 e. The topological polar surface area (TPSA) is 82.1 Å². The van der Waals surface area contributed by atoms with Gasteiger partial charge in [-0.1, -0.05) is 11.2 Å². The summed E-state index contributed by atoms with van der Waals surface area (Å²) < 4.78 is 40.5. The van der Waals surface area contributed by atoms with Gasteiger partial charge in [0.2, 0.25) is 0 Å². The van der Waals surface area contributed by atoms with Crippen LogP contribution in [-0.2, 0) is 6.54 Å². The van der Waals surface area contributed by atoms with E-state index in [1.807, 2.05) is 44.4 Å². The molecule has 2 aliphatic heterocycles. The van der Waals surface area contributed by atoms with Crippen molar-refractivity contribution in [2.75, 3.05) is 27.2 Å². The van der Waals surface area contributed by atoms with Gasteiger partial charge in [0.25, 0.3) is 0 Å². The Balaban J connectivity index is 1.29. The summed E-state index contributed by atoms with van der Waals surface area (Å²) in [6.45, 7) is 1.76. The van der Waals surface area contributed by atoms with Crippen LogP contribution in [0, 0.1) is 11.6 Å². The van der Waals surface area contributed by atoms with Crippen molar-refractivity contribution in [2.24, 2.45) is 0 Å². The second kappa shape index (κ2) is 9.59. The van der Waals surface area contributed by atoms with E-state index in [1.54, 1.807) is 10.9 Å². The van der Waals surface area contributed by atoms with Crippen LogP contribution in [-0.4, -0.2) is 57.1 Å². The van der Waals surface area contributed by atoms with Crippen LogP contribution in [0.4, 0.5) is 8.78 Å². The van der Waals surface area contributed by atoms with Crippen molar-refractivity contribution < 1.29 is 18.0 Å². The third kappa shape index (κ3) is 5.02. The van der Waals surface area contributed by atoms with Crippen LogP contribution in [0.5, 0.6) is 5.75 Å². The van der Waals surface area contributed by atoms with Crippen molar-refractivity contribution in [1.82, 2.24) is 29.8 Å². The summed E-state index contributed by atoms with van der Waals surface area (Å²) >= 11 is 0. The molecule has 0 saturated carbocycles. The lowest BCUT2D eigenvalue weighted by atomic mass is 10.1. The SMILES string of the molecule is CN(C)CCOc1ccc(-c2cc(Cn3cc4nc(-c5cccc(F)c5F)nc-4cn3)on2)cc1. The molecule has 0 aliphatic carbocycles. The molecule has 0 atom stereocenters. The predicted octanol–water partition coefficient (Wildman–Crippen LogP) is 4.37. The van der Waals surface area contributed by atoms with E-state index in [-0.39, 0.29) is 11.4 Å². The predicted molar refractivity (Wildman–Crippen MR) is 125 cm³/mol. The Hall–Kier alpha value is -4.18. The average Bonchev–Trinajstić information content (AvgIpc) is 3.48. The van der Waals surface area contributed by atoms with Gasteiger partial charge in [0.05, 0.1) is 18.0 Å². The van der Waals surface area contributed by atoms with Crippen LogP contribution in [0.15, 0.2) is 65.4 Å². The first-order chi connectivity index (χ1) is 17.0. The summed E-state index contributed by atoms with van der Waals surface area (Å²) in [5, 5.41) is 8.48. The normalized spacial score (nSPS) is 11.5. The smallest absolute Gasteiger partial charge is 0.169 e. The molecule has 3 aromatic rings. The molecule has 0 spiro atoms. The second-order valence-corrected chi connectivity index (χ2v) is 8.24. The quantitative estimate of drug-likeness (QED) is 0.329. The number of imidazole rings is 1. The lowest BCUT2D eigenvalue weighted by Crippen LogP contribution is -2.19. The molecule has 178 valence electrons. The number of likely N-dealkylation sites (N-methyl/N-ethyl adjacent to an activating group) is 1. The monoisotopic (exact) mass is 476 g/mol. The molecule has 3 heterocycles. The van der Waals surface area contributed by atoms with Crippen LogP contribution in [0.1, 0.15) is 5.76 Å². The Labute approximate surface area is 200 Å². The molecule has 0 radical (unpaired) electrons. The Morgan fingerprint density at radius 1 is 1.00 bits per heavy atom. The van der Waals surface area contributed by atoms with Gasteiger partial charge in [-0.2, -0.15) is 5.10 Å². The standard InChI is InChI=1S/C25H22F2N6O2/c1-32(2)10-11-34-17-8-6-16(7-9-17)21-12-18(35-31-21)14-33-15-23-22(13-28-33)29-25(30-23)19-4-3-5-20(26)24(19)27/h3-9,12-13,15H,10-11,14H2,1-2H3. The molecular formula is C25H22F2N6O2. The average molecular weight is 476 g/mol. The summed E-state index contributed by atoms with van der Waals surface area (Å²) in [5.74, 6) is -0.435. The van der Waals surface area contributed by atoms with Gasteiger partial charge in [0.1, 0.15) is 36.0 Å². The minimum Gasteiger partial charge on any atom is -0.492 e. The second-order valence-electron chi connectivity index (χ2n) is 8.24. The van der Waals surface area contributed by atoms with Crippen molar-refractivity contribution >= 4 is 0 Å². The largest absolute Gasteiger partial charge is 0.492 e. The highest BCUT2D eigenvalue weighted by molar-refractivity contribution is 5.65. The van der Waals surface area contributed by atoms with Gasteiger partial charge in [-0.05, 0) is 50.5 Å². The minimum absolute atomic E-state index is 0.00162. The first-order valence-electron chi connectivity index (χ1n) is 10.9. The van der Waals surface area contributed by atoms with Crippen LogP contribution < -0.4 is 4.74 Å². The van der Waals surface area contributed by atoms with Gasteiger partial charge >= 0.3 is 0 Å². The van der Waals surface area contributed by atoms with Gasteiger partial charge < -0.3 is 14.2 Å². The van der Waals surface area contributed by atoms with E-state index in [9.17, 15) is 8.78 Å². The molecule has 5 rings (SSSR count). The third-order valence-electron chi connectivity index (χ3n) is 5.34. The molecule has 8 nitrogen and oxygen atoms in total. The molecule has 0 unspecified atom stereocenters. The third-order valence-corrected chi connectivity index (χ3v) is 5.34.